The first-order valence-electron chi connectivity index (χ1n) is 7.95. The van der Waals surface area contributed by atoms with Crippen molar-refractivity contribution in [2.24, 2.45) is 0 Å². The molecule has 0 fully saturated rings. The molecule has 2 N–H and O–H groups in total. The van der Waals surface area contributed by atoms with Gasteiger partial charge in [0.05, 0.1) is 17.9 Å². The van der Waals surface area contributed by atoms with Gasteiger partial charge in [-0.3, -0.25) is 9.59 Å². The number of hydrogen-bond acceptors (Lipinski definition) is 7. The van der Waals surface area contributed by atoms with Gasteiger partial charge in [-0.2, -0.15) is 0 Å². The fourth-order valence-electron chi connectivity index (χ4n) is 1.80. The lowest BCUT2D eigenvalue weighted by molar-refractivity contribution is -0.146. The Morgan fingerprint density at radius 1 is 1.11 bits per heavy atom. The summed E-state index contributed by atoms with van der Waals surface area (Å²) < 4.78 is 34.7. The zero-order valence-corrected chi connectivity index (χ0v) is 17.0. The molecule has 1 rings (SSSR count). The third kappa shape index (κ3) is 7.99. The van der Waals surface area contributed by atoms with E-state index in [1.807, 2.05) is 0 Å². The number of carbonyl (C=O) groups excluding carboxylic acids is 2. The van der Waals surface area contributed by atoms with E-state index in [0.29, 0.717) is 12.3 Å². The molecule has 27 heavy (non-hydrogen) atoms. The van der Waals surface area contributed by atoms with Crippen LogP contribution in [0, 0.1) is 0 Å². The Morgan fingerprint density at radius 3 is 2.30 bits per heavy atom. The summed E-state index contributed by atoms with van der Waals surface area (Å²) in [4.78, 5) is 23.3. The predicted octanol–water partition coefficient (Wildman–Crippen LogP) is 0.720. The highest BCUT2D eigenvalue weighted by molar-refractivity contribution is 7.89. The number of rotatable bonds is 9. The monoisotopic (exact) mass is 417 g/mol. The van der Waals surface area contributed by atoms with Crippen LogP contribution in [-0.2, 0) is 29.1 Å². The van der Waals surface area contributed by atoms with Gasteiger partial charge in [0.1, 0.15) is 6.61 Å². The predicted molar refractivity (Wildman–Crippen MR) is 104 cm³/mol. The molecule has 150 valence electrons. The number of carbonyl (C=O) groups is 2. The fourth-order valence-corrected chi connectivity index (χ4v) is 2.93. The van der Waals surface area contributed by atoms with Gasteiger partial charge in [0.25, 0.3) is 0 Å². The molecule has 1 aromatic carbocycles. The Kier molecular flexibility index (Phi) is 9.29. The van der Waals surface area contributed by atoms with Crippen LogP contribution >= 0.6 is 12.2 Å². The third-order valence-corrected chi connectivity index (χ3v) is 5.28. The van der Waals surface area contributed by atoms with Crippen molar-refractivity contribution < 1.29 is 27.5 Å². The summed E-state index contributed by atoms with van der Waals surface area (Å²) in [7, 11) is 0.864. The van der Waals surface area contributed by atoms with Gasteiger partial charge in [-0.15, -0.1) is 0 Å². The SMILES string of the molecule is COCCOC(=O)CCC(=O)NC(=S)Nc1ccc(S(=O)(=O)N(C)C)cc1. The van der Waals surface area contributed by atoms with Crippen LogP contribution in [0.25, 0.3) is 0 Å². The Labute approximate surface area is 164 Å². The van der Waals surface area contributed by atoms with Gasteiger partial charge in [0.15, 0.2) is 5.11 Å². The summed E-state index contributed by atoms with van der Waals surface area (Å²) in [5, 5.41) is 5.24. The number of amides is 1. The zero-order chi connectivity index (χ0) is 20.4. The summed E-state index contributed by atoms with van der Waals surface area (Å²) in [6.45, 7) is 0.428. The molecule has 11 heteroatoms. The van der Waals surface area contributed by atoms with Crippen molar-refractivity contribution in [3.05, 3.63) is 24.3 Å². The molecule has 0 aliphatic rings. The van der Waals surface area contributed by atoms with Crippen molar-refractivity contribution in [1.82, 2.24) is 9.62 Å². The van der Waals surface area contributed by atoms with Crippen molar-refractivity contribution in [1.29, 1.82) is 0 Å². The van der Waals surface area contributed by atoms with Crippen LogP contribution in [0.1, 0.15) is 12.8 Å². The van der Waals surface area contributed by atoms with E-state index in [1.54, 1.807) is 0 Å². The van der Waals surface area contributed by atoms with Gasteiger partial charge in [-0.25, -0.2) is 12.7 Å². The second-order valence-corrected chi connectivity index (χ2v) is 8.09. The van der Waals surface area contributed by atoms with E-state index in [-0.39, 0.29) is 29.5 Å². The summed E-state index contributed by atoms with van der Waals surface area (Å²) >= 11 is 5.02. The van der Waals surface area contributed by atoms with E-state index in [1.165, 1.54) is 45.5 Å². The molecule has 0 spiro atoms. The Balaban J connectivity index is 2.46. The summed E-state index contributed by atoms with van der Waals surface area (Å²) in [6.07, 6.45) is -0.150. The molecule has 0 aliphatic heterocycles. The third-order valence-electron chi connectivity index (χ3n) is 3.25. The lowest BCUT2D eigenvalue weighted by Gasteiger charge is -2.13. The number of thiocarbonyl (C=S) groups is 1. The maximum absolute atomic E-state index is 12.0. The number of nitrogens with zero attached hydrogens (tertiary/aromatic N) is 1. The summed E-state index contributed by atoms with van der Waals surface area (Å²) in [6, 6.07) is 5.92. The van der Waals surface area contributed by atoms with E-state index in [4.69, 9.17) is 21.7 Å². The van der Waals surface area contributed by atoms with Gasteiger partial charge in [-0.1, -0.05) is 0 Å². The summed E-state index contributed by atoms with van der Waals surface area (Å²) in [5.41, 5.74) is 0.511. The minimum atomic E-state index is -3.51. The highest BCUT2D eigenvalue weighted by Crippen LogP contribution is 2.16. The molecule has 0 atom stereocenters. The molecule has 0 saturated carbocycles. The second kappa shape index (κ2) is 10.9. The molecule has 0 bridgehead atoms. The standard InChI is InChI=1S/C16H23N3O6S2/c1-19(2)27(22,23)13-6-4-12(5-7-13)17-16(26)18-14(20)8-9-15(21)25-11-10-24-3/h4-7H,8-11H2,1-3H3,(H2,17,18,20,26). The van der Waals surface area contributed by atoms with Crippen LogP contribution in [0.3, 0.4) is 0 Å². The van der Waals surface area contributed by atoms with Crippen LogP contribution in [-0.4, -0.2) is 64.1 Å². The number of esters is 1. The molecule has 0 radical (unpaired) electrons. The number of nitrogens with one attached hydrogen (secondary N) is 2. The van der Waals surface area contributed by atoms with E-state index in [9.17, 15) is 18.0 Å². The van der Waals surface area contributed by atoms with Gasteiger partial charge < -0.3 is 20.1 Å². The highest BCUT2D eigenvalue weighted by Gasteiger charge is 2.16. The van der Waals surface area contributed by atoms with Crippen LogP contribution < -0.4 is 10.6 Å². The Morgan fingerprint density at radius 2 is 1.74 bits per heavy atom. The van der Waals surface area contributed by atoms with Gasteiger partial charge in [0.2, 0.25) is 15.9 Å². The lowest BCUT2D eigenvalue weighted by atomic mass is 10.3. The molecule has 9 nitrogen and oxygen atoms in total. The van der Waals surface area contributed by atoms with E-state index in [2.05, 4.69) is 10.6 Å². The molecule has 0 aromatic heterocycles. The quantitative estimate of drug-likeness (QED) is 0.343. The minimum absolute atomic E-state index is 0.0379. The highest BCUT2D eigenvalue weighted by atomic mass is 32.2. The number of anilines is 1. The average Bonchev–Trinajstić information content (AvgIpc) is 2.60. The van der Waals surface area contributed by atoms with Crippen LogP contribution in [0.2, 0.25) is 0 Å². The van der Waals surface area contributed by atoms with Gasteiger partial charge in [0, 0.05) is 33.3 Å². The zero-order valence-electron chi connectivity index (χ0n) is 15.4. The summed E-state index contributed by atoms with van der Waals surface area (Å²) in [5.74, 6) is -0.943. The molecule has 1 amide bonds. The number of sulfonamides is 1. The molecule has 0 unspecified atom stereocenters. The molecule has 0 saturated heterocycles. The first-order valence-corrected chi connectivity index (χ1v) is 9.79. The van der Waals surface area contributed by atoms with Crippen LogP contribution in [0.15, 0.2) is 29.2 Å². The molecular weight excluding hydrogens is 394 g/mol. The maximum Gasteiger partial charge on any atom is 0.306 e. The van der Waals surface area contributed by atoms with Crippen LogP contribution in [0.4, 0.5) is 5.69 Å². The molecule has 0 heterocycles. The minimum Gasteiger partial charge on any atom is -0.463 e. The van der Waals surface area contributed by atoms with E-state index >= 15 is 0 Å². The smallest absolute Gasteiger partial charge is 0.306 e. The Hall–Kier alpha value is -2.08. The number of methoxy groups -OCH3 is 1. The van der Waals surface area contributed by atoms with Gasteiger partial charge >= 0.3 is 5.97 Å². The molecular formula is C16H23N3O6S2. The maximum atomic E-state index is 12.0. The van der Waals surface area contributed by atoms with E-state index in [0.717, 1.165) is 4.31 Å². The van der Waals surface area contributed by atoms with Gasteiger partial charge in [-0.05, 0) is 36.5 Å². The fraction of sp³-hybridized carbons (Fsp3) is 0.438. The largest absolute Gasteiger partial charge is 0.463 e. The molecule has 1 aromatic rings. The average molecular weight is 418 g/mol. The van der Waals surface area contributed by atoms with Crippen molar-refractivity contribution >= 4 is 44.9 Å². The van der Waals surface area contributed by atoms with Crippen molar-refractivity contribution in [2.45, 2.75) is 17.7 Å². The second-order valence-electron chi connectivity index (χ2n) is 5.53. The number of benzene rings is 1. The Bertz CT molecular complexity index is 763. The van der Waals surface area contributed by atoms with Crippen molar-refractivity contribution in [2.75, 3.05) is 39.7 Å². The number of ether oxygens (including phenoxy) is 2. The first kappa shape index (κ1) is 23.0. The first-order chi connectivity index (χ1) is 12.7. The number of hydrogen-bond donors (Lipinski definition) is 2. The lowest BCUT2D eigenvalue weighted by Crippen LogP contribution is -2.34. The van der Waals surface area contributed by atoms with Crippen molar-refractivity contribution in [3.63, 3.8) is 0 Å². The molecule has 0 aliphatic carbocycles. The topological polar surface area (TPSA) is 114 Å². The normalized spacial score (nSPS) is 11.1. The van der Waals surface area contributed by atoms with E-state index < -0.39 is 21.9 Å². The van der Waals surface area contributed by atoms with Crippen molar-refractivity contribution in [3.8, 4) is 0 Å². The van der Waals surface area contributed by atoms with Crippen LogP contribution in [0.5, 0.6) is 0 Å².